The van der Waals surface area contributed by atoms with Gasteiger partial charge in [-0.05, 0) is 11.1 Å². The minimum absolute atomic E-state index is 0.616. The molecule has 0 saturated heterocycles. The molecule has 2 aromatic carbocycles. The Bertz CT molecular complexity index is 570. The highest BCUT2D eigenvalue weighted by Gasteiger charge is 1.95. The van der Waals surface area contributed by atoms with Crippen LogP contribution in [-0.2, 0) is 0 Å². The maximum absolute atomic E-state index is 9.13. The molecule has 0 atom stereocenters. The molecular formula is C19H18N2. The van der Waals surface area contributed by atoms with Crippen LogP contribution in [0.25, 0.3) is 12.2 Å². The molecule has 0 heterocycles. The third kappa shape index (κ3) is 5.38. The van der Waals surface area contributed by atoms with Crippen molar-refractivity contribution in [3.63, 3.8) is 0 Å². The van der Waals surface area contributed by atoms with Gasteiger partial charge in [-0.3, -0.25) is 0 Å². The lowest BCUT2D eigenvalue weighted by Crippen LogP contribution is -2.17. The molecule has 0 N–H and O–H groups in total. The number of nitriles is 1. The Morgan fingerprint density at radius 1 is 0.762 bits per heavy atom. The van der Waals surface area contributed by atoms with E-state index in [1.807, 2.05) is 85.0 Å². The predicted octanol–water partition coefficient (Wildman–Crippen LogP) is 4.20. The van der Waals surface area contributed by atoms with Crippen LogP contribution in [0.3, 0.4) is 0 Å². The first-order valence-corrected chi connectivity index (χ1v) is 6.96. The molecule has 0 bridgehead atoms. The molecule has 0 spiro atoms. The van der Waals surface area contributed by atoms with E-state index in [9.17, 15) is 0 Å². The van der Waals surface area contributed by atoms with Crippen molar-refractivity contribution in [1.82, 2.24) is 4.90 Å². The Labute approximate surface area is 126 Å². The van der Waals surface area contributed by atoms with Crippen LogP contribution >= 0.6 is 0 Å². The lowest BCUT2D eigenvalue weighted by molar-refractivity contribution is 0.482. The van der Waals surface area contributed by atoms with Crippen molar-refractivity contribution in [2.24, 2.45) is 0 Å². The molecule has 2 aromatic rings. The van der Waals surface area contributed by atoms with E-state index < -0.39 is 0 Å². The summed E-state index contributed by atoms with van der Waals surface area (Å²) in [5, 5.41) is 9.13. The first-order chi connectivity index (χ1) is 10.4. The predicted molar refractivity (Wildman–Crippen MR) is 88.1 cm³/mol. The van der Waals surface area contributed by atoms with E-state index in [-0.39, 0.29) is 0 Å². The van der Waals surface area contributed by atoms with Gasteiger partial charge in [0.25, 0.3) is 0 Å². The highest BCUT2D eigenvalue weighted by atomic mass is 15.1. The molecule has 2 nitrogen and oxygen atoms in total. The van der Waals surface area contributed by atoms with Crippen molar-refractivity contribution in [1.29, 1.82) is 5.26 Å². The van der Waals surface area contributed by atoms with Crippen molar-refractivity contribution in [2.75, 3.05) is 13.1 Å². The summed E-state index contributed by atoms with van der Waals surface area (Å²) in [6.45, 7) is 1.23. The number of nitrogens with zero attached hydrogens (tertiary/aromatic N) is 2. The molecule has 2 rings (SSSR count). The summed E-state index contributed by atoms with van der Waals surface area (Å²) in [5.74, 6) is 0. The average Bonchev–Trinajstić information content (AvgIpc) is 2.55. The van der Waals surface area contributed by atoms with Gasteiger partial charge in [0.1, 0.15) is 0 Å². The molecule has 0 fully saturated rings. The summed E-state index contributed by atoms with van der Waals surface area (Å²) >= 11 is 0. The lowest BCUT2D eigenvalue weighted by atomic mass is 10.2. The summed E-state index contributed by atoms with van der Waals surface area (Å²) in [5.41, 5.74) is 2.30. The van der Waals surface area contributed by atoms with Crippen molar-refractivity contribution in [3.8, 4) is 6.19 Å². The van der Waals surface area contributed by atoms with Crippen molar-refractivity contribution in [2.45, 2.75) is 0 Å². The van der Waals surface area contributed by atoms with Gasteiger partial charge in [0.05, 0.1) is 0 Å². The van der Waals surface area contributed by atoms with Crippen LogP contribution in [-0.4, -0.2) is 18.0 Å². The average molecular weight is 274 g/mol. The normalized spacial score (nSPS) is 10.8. The fourth-order valence-electron chi connectivity index (χ4n) is 1.92. The molecule has 0 unspecified atom stereocenters. The van der Waals surface area contributed by atoms with Gasteiger partial charge in [-0.1, -0.05) is 85.0 Å². The molecule has 21 heavy (non-hydrogen) atoms. The summed E-state index contributed by atoms with van der Waals surface area (Å²) in [4.78, 5) is 1.71. The highest BCUT2D eigenvalue weighted by molar-refractivity contribution is 5.49. The largest absolute Gasteiger partial charge is 0.303 e. The summed E-state index contributed by atoms with van der Waals surface area (Å²) < 4.78 is 0. The van der Waals surface area contributed by atoms with Gasteiger partial charge in [-0.2, -0.15) is 5.26 Å². The Morgan fingerprint density at radius 3 is 1.57 bits per heavy atom. The quantitative estimate of drug-likeness (QED) is 0.583. The Kier molecular flexibility index (Phi) is 5.84. The maximum atomic E-state index is 9.13. The van der Waals surface area contributed by atoms with Crippen LogP contribution in [0, 0.1) is 11.5 Å². The zero-order chi connectivity index (χ0) is 14.8. The van der Waals surface area contributed by atoms with Gasteiger partial charge in [0, 0.05) is 13.1 Å². The summed E-state index contributed by atoms with van der Waals surface area (Å²) in [6.07, 6.45) is 10.3. The molecule has 0 aliphatic carbocycles. The van der Waals surface area contributed by atoms with Gasteiger partial charge in [0.2, 0.25) is 0 Å². The summed E-state index contributed by atoms with van der Waals surface area (Å²) in [6, 6.07) is 20.2. The highest BCUT2D eigenvalue weighted by Crippen LogP contribution is 2.03. The second-order valence-electron chi connectivity index (χ2n) is 4.63. The molecular weight excluding hydrogens is 256 g/mol. The minimum Gasteiger partial charge on any atom is -0.303 e. The van der Waals surface area contributed by atoms with Gasteiger partial charge >= 0.3 is 0 Å². The minimum atomic E-state index is 0.616. The SMILES string of the molecule is N#CN(C/C=C/c1ccccc1)C/C=C/c1ccccc1. The van der Waals surface area contributed by atoms with Crippen molar-refractivity contribution >= 4 is 12.2 Å². The zero-order valence-corrected chi connectivity index (χ0v) is 11.9. The Hall–Kier alpha value is -2.79. The fraction of sp³-hybridized carbons (Fsp3) is 0.105. The topological polar surface area (TPSA) is 27.0 Å². The standard InChI is InChI=1S/C19H18N2/c20-17-21(15-7-13-18-9-3-1-4-10-18)16-8-14-19-11-5-2-6-12-19/h1-14H,15-16H2/b13-7+,14-8+. The van der Waals surface area contributed by atoms with E-state index in [0.717, 1.165) is 11.1 Å². The number of benzene rings is 2. The van der Waals surface area contributed by atoms with E-state index in [1.54, 1.807) is 4.90 Å². The van der Waals surface area contributed by atoms with Crippen LogP contribution in [0.4, 0.5) is 0 Å². The van der Waals surface area contributed by atoms with E-state index in [2.05, 4.69) is 6.19 Å². The second kappa shape index (κ2) is 8.39. The van der Waals surface area contributed by atoms with Gasteiger partial charge < -0.3 is 4.90 Å². The molecule has 0 radical (unpaired) electrons. The fourth-order valence-corrected chi connectivity index (χ4v) is 1.92. The first kappa shape index (κ1) is 14.6. The first-order valence-electron chi connectivity index (χ1n) is 6.96. The van der Waals surface area contributed by atoms with Crippen molar-refractivity contribution < 1.29 is 0 Å². The molecule has 0 aliphatic heterocycles. The second-order valence-corrected chi connectivity index (χ2v) is 4.63. The van der Waals surface area contributed by atoms with Crippen LogP contribution in [0.2, 0.25) is 0 Å². The molecule has 2 heteroatoms. The molecule has 104 valence electrons. The van der Waals surface area contributed by atoms with Gasteiger partial charge in [0.15, 0.2) is 6.19 Å². The van der Waals surface area contributed by atoms with E-state index in [4.69, 9.17) is 5.26 Å². The number of hydrogen-bond donors (Lipinski definition) is 0. The third-order valence-electron chi connectivity index (χ3n) is 3.01. The lowest BCUT2D eigenvalue weighted by Gasteiger charge is -2.09. The van der Waals surface area contributed by atoms with Crippen LogP contribution < -0.4 is 0 Å². The smallest absolute Gasteiger partial charge is 0.179 e. The van der Waals surface area contributed by atoms with Crippen molar-refractivity contribution in [3.05, 3.63) is 83.9 Å². The van der Waals surface area contributed by atoms with Crippen LogP contribution in [0.1, 0.15) is 11.1 Å². The third-order valence-corrected chi connectivity index (χ3v) is 3.01. The van der Waals surface area contributed by atoms with Gasteiger partial charge in [-0.15, -0.1) is 0 Å². The van der Waals surface area contributed by atoms with Crippen LogP contribution in [0.15, 0.2) is 72.8 Å². The Morgan fingerprint density at radius 2 is 1.19 bits per heavy atom. The van der Waals surface area contributed by atoms with E-state index in [0.29, 0.717) is 13.1 Å². The van der Waals surface area contributed by atoms with Crippen LogP contribution in [0.5, 0.6) is 0 Å². The van der Waals surface area contributed by atoms with Gasteiger partial charge in [-0.25, -0.2) is 0 Å². The number of hydrogen-bond acceptors (Lipinski definition) is 2. The Balaban J connectivity index is 1.82. The summed E-state index contributed by atoms with van der Waals surface area (Å²) in [7, 11) is 0. The zero-order valence-electron chi connectivity index (χ0n) is 11.9. The molecule has 0 saturated carbocycles. The van der Waals surface area contributed by atoms with E-state index in [1.165, 1.54) is 0 Å². The van der Waals surface area contributed by atoms with E-state index >= 15 is 0 Å². The monoisotopic (exact) mass is 274 g/mol. The molecule has 0 aromatic heterocycles. The number of rotatable bonds is 6. The molecule has 0 amide bonds. The molecule has 0 aliphatic rings. The maximum Gasteiger partial charge on any atom is 0.179 e.